The smallest absolute Gasteiger partial charge is 0.228 e. The maximum atomic E-state index is 12.9. The summed E-state index contributed by atoms with van der Waals surface area (Å²) in [4.78, 5) is 17.9. The molecule has 2 aromatic rings. The number of benzene rings is 1. The molecule has 1 heterocycles. The molecule has 0 radical (unpaired) electrons. The maximum absolute atomic E-state index is 12.9. The second kappa shape index (κ2) is 6.99. The van der Waals surface area contributed by atoms with Gasteiger partial charge in [0.15, 0.2) is 0 Å². The number of amides is 1. The van der Waals surface area contributed by atoms with Crippen LogP contribution in [0.25, 0.3) is 11.5 Å². The Hall–Kier alpha value is -2.21. The molecule has 0 aliphatic rings. The predicted molar refractivity (Wildman–Crippen MR) is 77.2 cm³/mol. The van der Waals surface area contributed by atoms with Gasteiger partial charge in [-0.3, -0.25) is 4.79 Å². The molecule has 1 aromatic heterocycles. The van der Waals surface area contributed by atoms with Crippen LogP contribution in [0.4, 0.5) is 4.39 Å². The largest absolute Gasteiger partial charge is 0.444 e. The van der Waals surface area contributed by atoms with Crippen LogP contribution in [0.1, 0.15) is 5.69 Å². The molecule has 0 saturated heterocycles. The number of nitrogens with zero attached hydrogens (tertiary/aromatic N) is 2. The number of hydrogen-bond acceptors (Lipinski definition) is 4. The summed E-state index contributed by atoms with van der Waals surface area (Å²) in [6.07, 6.45) is 1.65. The molecule has 2 rings (SSSR count). The minimum Gasteiger partial charge on any atom is -0.444 e. The third-order valence-corrected chi connectivity index (χ3v) is 3.10. The van der Waals surface area contributed by atoms with Crippen LogP contribution in [-0.4, -0.2) is 43.0 Å². The van der Waals surface area contributed by atoms with E-state index in [1.807, 2.05) is 7.05 Å². The number of likely N-dealkylation sites (N-methyl/N-ethyl adjacent to an activating group) is 2. The summed E-state index contributed by atoms with van der Waals surface area (Å²) in [7, 11) is 3.59. The topological polar surface area (TPSA) is 58.4 Å². The normalized spacial score (nSPS) is 10.6. The summed E-state index contributed by atoms with van der Waals surface area (Å²) >= 11 is 0. The van der Waals surface area contributed by atoms with Crippen LogP contribution in [0, 0.1) is 5.82 Å². The van der Waals surface area contributed by atoms with Gasteiger partial charge < -0.3 is 14.6 Å². The monoisotopic (exact) mass is 291 g/mol. The zero-order chi connectivity index (χ0) is 15.2. The second-order valence-electron chi connectivity index (χ2n) is 4.75. The Labute approximate surface area is 122 Å². The van der Waals surface area contributed by atoms with Gasteiger partial charge in [-0.1, -0.05) is 0 Å². The van der Waals surface area contributed by atoms with Gasteiger partial charge in [-0.25, -0.2) is 9.37 Å². The Morgan fingerprint density at radius 1 is 1.38 bits per heavy atom. The molecule has 0 aliphatic carbocycles. The van der Waals surface area contributed by atoms with Crippen molar-refractivity contribution in [2.45, 2.75) is 6.42 Å². The van der Waals surface area contributed by atoms with E-state index in [1.165, 1.54) is 18.4 Å². The fourth-order valence-corrected chi connectivity index (χ4v) is 1.81. The molecule has 0 aliphatic heterocycles. The average Bonchev–Trinajstić information content (AvgIpc) is 2.93. The number of halogens is 1. The Morgan fingerprint density at radius 2 is 2.10 bits per heavy atom. The number of aromatic nitrogens is 1. The highest BCUT2D eigenvalue weighted by molar-refractivity contribution is 5.78. The van der Waals surface area contributed by atoms with Gasteiger partial charge in [0.05, 0.1) is 12.1 Å². The lowest BCUT2D eigenvalue weighted by atomic mass is 10.2. The lowest BCUT2D eigenvalue weighted by molar-refractivity contribution is -0.129. The molecule has 0 bridgehead atoms. The van der Waals surface area contributed by atoms with Gasteiger partial charge in [-0.15, -0.1) is 0 Å². The maximum Gasteiger partial charge on any atom is 0.228 e. The molecule has 0 atom stereocenters. The number of oxazole rings is 1. The minimum atomic E-state index is -0.313. The molecular formula is C15H18FN3O2. The van der Waals surface area contributed by atoms with Crippen molar-refractivity contribution in [1.29, 1.82) is 0 Å². The second-order valence-corrected chi connectivity index (χ2v) is 4.75. The van der Waals surface area contributed by atoms with Crippen molar-refractivity contribution in [1.82, 2.24) is 15.2 Å². The van der Waals surface area contributed by atoms with Gasteiger partial charge >= 0.3 is 0 Å². The van der Waals surface area contributed by atoms with Crippen LogP contribution >= 0.6 is 0 Å². The van der Waals surface area contributed by atoms with Crippen molar-refractivity contribution >= 4 is 5.91 Å². The first-order chi connectivity index (χ1) is 10.1. The fraction of sp³-hybridized carbons (Fsp3) is 0.333. The fourth-order valence-electron chi connectivity index (χ4n) is 1.81. The van der Waals surface area contributed by atoms with E-state index in [4.69, 9.17) is 4.42 Å². The summed E-state index contributed by atoms with van der Waals surface area (Å²) in [5.74, 6) is 0.0479. The van der Waals surface area contributed by atoms with E-state index >= 15 is 0 Å². The van der Waals surface area contributed by atoms with Crippen LogP contribution in [0.15, 0.2) is 34.9 Å². The average molecular weight is 291 g/mol. The molecule has 6 heteroatoms. The third-order valence-electron chi connectivity index (χ3n) is 3.10. The number of nitrogens with one attached hydrogen (secondary N) is 1. The van der Waals surface area contributed by atoms with Crippen LogP contribution in [-0.2, 0) is 11.2 Å². The Bertz CT molecular complexity index is 595. The highest BCUT2D eigenvalue weighted by Gasteiger charge is 2.13. The van der Waals surface area contributed by atoms with E-state index < -0.39 is 0 Å². The predicted octanol–water partition coefficient (Wildman–Crippen LogP) is 1.70. The molecule has 0 unspecified atom stereocenters. The minimum absolute atomic E-state index is 0.0239. The van der Waals surface area contributed by atoms with Crippen molar-refractivity contribution < 1.29 is 13.6 Å². The van der Waals surface area contributed by atoms with E-state index in [9.17, 15) is 9.18 Å². The van der Waals surface area contributed by atoms with Gasteiger partial charge in [0.2, 0.25) is 11.8 Å². The lowest BCUT2D eigenvalue weighted by Crippen LogP contribution is -2.33. The Morgan fingerprint density at radius 3 is 2.76 bits per heavy atom. The zero-order valence-electron chi connectivity index (χ0n) is 12.1. The number of carbonyl (C=O) groups excluding carboxylic acids is 1. The van der Waals surface area contributed by atoms with Crippen LogP contribution in [0.5, 0.6) is 0 Å². The lowest BCUT2D eigenvalue weighted by Gasteiger charge is -2.15. The van der Waals surface area contributed by atoms with Crippen molar-refractivity contribution in [3.8, 4) is 11.5 Å². The molecule has 0 spiro atoms. The molecule has 1 aromatic carbocycles. The molecule has 21 heavy (non-hydrogen) atoms. The summed E-state index contributed by atoms with van der Waals surface area (Å²) in [5.41, 5.74) is 1.24. The van der Waals surface area contributed by atoms with Crippen LogP contribution < -0.4 is 5.32 Å². The number of rotatable bonds is 6. The van der Waals surface area contributed by atoms with Crippen molar-refractivity contribution in [3.63, 3.8) is 0 Å². The summed E-state index contributed by atoms with van der Waals surface area (Å²) in [6.45, 7) is 1.37. The number of hydrogen-bond donors (Lipinski definition) is 1. The van der Waals surface area contributed by atoms with Gasteiger partial charge in [-0.2, -0.15) is 0 Å². The molecule has 1 N–H and O–H groups in total. The molecular weight excluding hydrogens is 273 g/mol. The van der Waals surface area contributed by atoms with Gasteiger partial charge in [-0.05, 0) is 31.3 Å². The summed E-state index contributed by atoms with van der Waals surface area (Å²) in [6, 6.07) is 5.86. The Kier molecular flexibility index (Phi) is 5.05. The van der Waals surface area contributed by atoms with E-state index in [0.29, 0.717) is 23.7 Å². The van der Waals surface area contributed by atoms with E-state index in [0.717, 1.165) is 6.54 Å². The van der Waals surface area contributed by atoms with E-state index in [-0.39, 0.29) is 18.1 Å². The van der Waals surface area contributed by atoms with Crippen molar-refractivity contribution in [3.05, 3.63) is 42.0 Å². The van der Waals surface area contributed by atoms with Crippen molar-refractivity contribution in [2.24, 2.45) is 0 Å². The molecule has 5 nitrogen and oxygen atoms in total. The highest BCUT2D eigenvalue weighted by Crippen LogP contribution is 2.19. The first-order valence-electron chi connectivity index (χ1n) is 6.69. The SMILES string of the molecule is CNCCN(C)C(=O)Cc1coc(-c2ccc(F)cc2)n1. The summed E-state index contributed by atoms with van der Waals surface area (Å²) < 4.78 is 18.2. The highest BCUT2D eigenvalue weighted by atomic mass is 19.1. The molecule has 0 fully saturated rings. The molecule has 0 saturated carbocycles. The van der Waals surface area contributed by atoms with Crippen molar-refractivity contribution in [2.75, 3.05) is 27.2 Å². The standard InChI is InChI=1S/C15H18FN3O2/c1-17-7-8-19(2)14(20)9-13-10-21-15(18-13)11-3-5-12(16)6-4-11/h3-6,10,17H,7-9H2,1-2H3. The quantitative estimate of drug-likeness (QED) is 0.880. The van der Waals surface area contributed by atoms with Crippen LogP contribution in [0.2, 0.25) is 0 Å². The summed E-state index contributed by atoms with van der Waals surface area (Å²) in [5, 5.41) is 2.99. The third kappa shape index (κ3) is 4.13. The first kappa shape index (κ1) is 15.2. The van der Waals surface area contributed by atoms with E-state index in [2.05, 4.69) is 10.3 Å². The van der Waals surface area contributed by atoms with Gasteiger partial charge in [0.1, 0.15) is 12.1 Å². The molecule has 1 amide bonds. The first-order valence-corrected chi connectivity index (χ1v) is 6.69. The van der Waals surface area contributed by atoms with Crippen LogP contribution in [0.3, 0.4) is 0 Å². The van der Waals surface area contributed by atoms with E-state index in [1.54, 1.807) is 24.1 Å². The number of carbonyl (C=O) groups is 1. The Balaban J connectivity index is 2.00. The van der Waals surface area contributed by atoms with Gasteiger partial charge in [0, 0.05) is 25.7 Å². The molecule has 112 valence electrons. The van der Waals surface area contributed by atoms with Gasteiger partial charge in [0.25, 0.3) is 0 Å². The zero-order valence-corrected chi connectivity index (χ0v) is 12.1.